The second kappa shape index (κ2) is 6.49. The van der Waals surface area contributed by atoms with Crippen LogP contribution >= 0.6 is 11.8 Å². The number of carboxylic acids is 1. The van der Waals surface area contributed by atoms with Crippen LogP contribution in [0.3, 0.4) is 0 Å². The maximum atomic E-state index is 11.2. The number of thioether (sulfide) groups is 1. The summed E-state index contributed by atoms with van der Waals surface area (Å²) in [5.41, 5.74) is 2.36. The fourth-order valence-corrected chi connectivity index (χ4v) is 2.93. The van der Waals surface area contributed by atoms with Gasteiger partial charge in [0, 0.05) is 5.75 Å². The van der Waals surface area contributed by atoms with Gasteiger partial charge in [-0.15, -0.1) is 0 Å². The molecule has 5 nitrogen and oxygen atoms in total. The van der Waals surface area contributed by atoms with E-state index < -0.39 is 11.5 Å². The number of nitrogens with zero attached hydrogens (tertiary/aromatic N) is 1. The van der Waals surface area contributed by atoms with Gasteiger partial charge >= 0.3 is 5.97 Å². The van der Waals surface area contributed by atoms with Crippen molar-refractivity contribution in [2.45, 2.75) is 37.4 Å². The van der Waals surface area contributed by atoms with E-state index in [-0.39, 0.29) is 0 Å². The van der Waals surface area contributed by atoms with Crippen molar-refractivity contribution in [3.05, 3.63) is 23.8 Å². The number of hydrogen-bond donors (Lipinski definition) is 3. The summed E-state index contributed by atoms with van der Waals surface area (Å²) < 4.78 is 0. The molecule has 1 unspecified atom stereocenters. The van der Waals surface area contributed by atoms with E-state index in [1.165, 1.54) is 5.56 Å². The first kappa shape index (κ1) is 15.9. The molecule has 0 radical (unpaired) electrons. The molecule has 0 spiro atoms. The fraction of sp³-hybridized carbons (Fsp3) is 0.467. The van der Waals surface area contributed by atoms with Gasteiger partial charge in [-0.3, -0.25) is 4.79 Å². The molecule has 3 N–H and O–H groups in total. The Morgan fingerprint density at radius 2 is 2.29 bits per heavy atom. The topological polar surface area (TPSA) is 78.0 Å². The highest BCUT2D eigenvalue weighted by molar-refractivity contribution is 7.99. The van der Waals surface area contributed by atoms with E-state index in [0.29, 0.717) is 6.42 Å². The third-order valence-corrected chi connectivity index (χ3v) is 4.66. The van der Waals surface area contributed by atoms with E-state index in [2.05, 4.69) is 28.3 Å². The van der Waals surface area contributed by atoms with Gasteiger partial charge in [-0.05, 0) is 51.4 Å². The van der Waals surface area contributed by atoms with Gasteiger partial charge in [0.25, 0.3) is 0 Å². The number of benzene rings is 1. The van der Waals surface area contributed by atoms with Gasteiger partial charge in [0.05, 0.1) is 11.0 Å². The molecule has 1 aromatic carbocycles. The van der Waals surface area contributed by atoms with Crippen molar-refractivity contribution in [2.24, 2.45) is 0 Å². The van der Waals surface area contributed by atoms with Crippen molar-refractivity contribution in [2.75, 3.05) is 12.8 Å². The highest BCUT2D eigenvalue weighted by Gasteiger charge is 2.30. The number of likely N-dealkylation sites (N-methyl/N-ethyl adjacent to an activating group) is 1. The molecule has 1 atom stereocenters. The van der Waals surface area contributed by atoms with Crippen molar-refractivity contribution in [3.8, 4) is 0 Å². The van der Waals surface area contributed by atoms with Crippen LogP contribution in [0.15, 0.2) is 23.4 Å². The van der Waals surface area contributed by atoms with Gasteiger partial charge in [0.2, 0.25) is 0 Å². The lowest BCUT2D eigenvalue weighted by atomic mass is 9.97. The van der Waals surface area contributed by atoms with Crippen molar-refractivity contribution in [1.82, 2.24) is 15.3 Å². The Hall–Kier alpha value is -1.53. The number of aliphatic carboxylic acids is 1. The van der Waals surface area contributed by atoms with E-state index in [0.717, 1.165) is 28.4 Å². The molecule has 0 saturated heterocycles. The molecule has 0 saturated carbocycles. The average molecular weight is 307 g/mol. The Bertz CT molecular complexity index is 641. The minimum Gasteiger partial charge on any atom is -0.480 e. The summed E-state index contributed by atoms with van der Waals surface area (Å²) >= 11 is 1.63. The van der Waals surface area contributed by atoms with Crippen LogP contribution in [-0.4, -0.2) is 39.4 Å². The van der Waals surface area contributed by atoms with Crippen LogP contribution in [0.1, 0.15) is 25.3 Å². The SMILES string of the molecule is CNC(C)(CCCSc1nc2ccc(C)cc2[nH]1)C(=O)O. The second-order valence-electron chi connectivity index (χ2n) is 5.40. The monoisotopic (exact) mass is 307 g/mol. The first-order valence-corrected chi connectivity index (χ1v) is 7.94. The lowest BCUT2D eigenvalue weighted by Gasteiger charge is -2.23. The van der Waals surface area contributed by atoms with Gasteiger partial charge in [0.1, 0.15) is 5.54 Å². The third kappa shape index (κ3) is 3.77. The minimum absolute atomic E-state index is 0.588. The molecule has 6 heteroatoms. The summed E-state index contributed by atoms with van der Waals surface area (Å²) in [7, 11) is 1.68. The lowest BCUT2D eigenvalue weighted by Crippen LogP contribution is -2.47. The highest BCUT2D eigenvalue weighted by Crippen LogP contribution is 2.22. The van der Waals surface area contributed by atoms with Gasteiger partial charge in [-0.1, -0.05) is 17.8 Å². The maximum Gasteiger partial charge on any atom is 0.323 e. The second-order valence-corrected chi connectivity index (χ2v) is 6.49. The number of aromatic amines is 1. The standard InChI is InChI=1S/C15H21N3O2S/c1-10-5-6-11-12(9-10)18-14(17-11)21-8-4-7-15(2,16-3)13(19)20/h5-6,9,16H,4,7-8H2,1-3H3,(H,17,18)(H,19,20). The first-order valence-electron chi connectivity index (χ1n) is 6.96. The number of aromatic nitrogens is 2. The average Bonchev–Trinajstić information content (AvgIpc) is 2.84. The number of imidazole rings is 1. The molecule has 2 aromatic rings. The molecule has 1 heterocycles. The number of carbonyl (C=O) groups is 1. The summed E-state index contributed by atoms with van der Waals surface area (Å²) in [5.74, 6) is 0.0257. The Morgan fingerprint density at radius 1 is 1.52 bits per heavy atom. The molecule has 114 valence electrons. The van der Waals surface area contributed by atoms with Crippen LogP contribution in [0.2, 0.25) is 0 Å². The van der Waals surface area contributed by atoms with Crippen molar-refractivity contribution in [1.29, 1.82) is 0 Å². The minimum atomic E-state index is -0.856. The van der Waals surface area contributed by atoms with E-state index in [1.807, 2.05) is 12.1 Å². The number of aryl methyl sites for hydroxylation is 1. The predicted molar refractivity (Wildman–Crippen MR) is 85.9 cm³/mol. The fourth-order valence-electron chi connectivity index (χ4n) is 2.10. The van der Waals surface area contributed by atoms with E-state index in [1.54, 1.807) is 25.7 Å². The Balaban J connectivity index is 1.89. The number of nitrogens with one attached hydrogen (secondary N) is 2. The highest BCUT2D eigenvalue weighted by atomic mass is 32.2. The van der Waals surface area contributed by atoms with E-state index in [4.69, 9.17) is 0 Å². The zero-order valence-electron chi connectivity index (χ0n) is 12.6. The Labute approximate surface area is 128 Å². The molecule has 0 aliphatic heterocycles. The molecule has 1 aromatic heterocycles. The third-order valence-electron chi connectivity index (χ3n) is 3.70. The first-order chi connectivity index (χ1) is 9.94. The lowest BCUT2D eigenvalue weighted by molar-refractivity contribution is -0.144. The molecule has 0 amide bonds. The smallest absolute Gasteiger partial charge is 0.323 e. The molecule has 0 aliphatic rings. The van der Waals surface area contributed by atoms with Gasteiger partial charge in [-0.2, -0.15) is 0 Å². The van der Waals surface area contributed by atoms with Crippen LogP contribution in [-0.2, 0) is 4.79 Å². The summed E-state index contributed by atoms with van der Waals surface area (Å²) in [4.78, 5) is 19.0. The van der Waals surface area contributed by atoms with Crippen LogP contribution < -0.4 is 5.32 Å². The number of H-pyrrole nitrogens is 1. The van der Waals surface area contributed by atoms with Gasteiger partial charge < -0.3 is 15.4 Å². The number of carboxylic acid groups (broad SMARTS) is 1. The quantitative estimate of drug-likeness (QED) is 0.541. The summed E-state index contributed by atoms with van der Waals surface area (Å²) in [6.07, 6.45) is 1.40. The molecule has 0 aliphatic carbocycles. The molecular weight excluding hydrogens is 286 g/mol. The van der Waals surface area contributed by atoms with E-state index >= 15 is 0 Å². The zero-order chi connectivity index (χ0) is 15.5. The summed E-state index contributed by atoms with van der Waals surface area (Å²) in [6.45, 7) is 3.77. The van der Waals surface area contributed by atoms with Crippen molar-refractivity contribution < 1.29 is 9.90 Å². The number of rotatable bonds is 7. The van der Waals surface area contributed by atoms with Crippen molar-refractivity contribution >= 4 is 28.8 Å². The number of hydrogen-bond acceptors (Lipinski definition) is 4. The molecular formula is C15H21N3O2S. The molecule has 0 bridgehead atoms. The van der Waals surface area contributed by atoms with Crippen LogP contribution in [0.25, 0.3) is 11.0 Å². The Morgan fingerprint density at radius 3 is 2.95 bits per heavy atom. The van der Waals surface area contributed by atoms with Gasteiger partial charge in [0.15, 0.2) is 5.16 Å². The van der Waals surface area contributed by atoms with Crippen LogP contribution in [0.4, 0.5) is 0 Å². The molecule has 0 fully saturated rings. The predicted octanol–water partition coefficient (Wildman–Crippen LogP) is 2.81. The normalized spacial score (nSPS) is 14.2. The Kier molecular flexibility index (Phi) is 4.90. The van der Waals surface area contributed by atoms with Crippen LogP contribution in [0, 0.1) is 6.92 Å². The largest absolute Gasteiger partial charge is 0.480 e. The summed E-state index contributed by atoms with van der Waals surface area (Å²) in [5, 5.41) is 12.9. The zero-order valence-corrected chi connectivity index (χ0v) is 13.4. The number of fused-ring (bicyclic) bond motifs is 1. The van der Waals surface area contributed by atoms with Gasteiger partial charge in [-0.25, -0.2) is 4.98 Å². The van der Waals surface area contributed by atoms with E-state index in [9.17, 15) is 9.90 Å². The summed E-state index contributed by atoms with van der Waals surface area (Å²) in [6, 6.07) is 6.13. The van der Waals surface area contributed by atoms with Crippen molar-refractivity contribution in [3.63, 3.8) is 0 Å². The maximum absolute atomic E-state index is 11.2. The van der Waals surface area contributed by atoms with Crippen LogP contribution in [0.5, 0.6) is 0 Å². The molecule has 2 rings (SSSR count). The molecule has 21 heavy (non-hydrogen) atoms.